The molecule has 0 aliphatic heterocycles. The molecule has 2 rings (SSSR count). The van der Waals surface area contributed by atoms with Gasteiger partial charge in [0.25, 0.3) is 0 Å². The Hall–Kier alpha value is -2.20. The van der Waals surface area contributed by atoms with Gasteiger partial charge in [0, 0.05) is 24.7 Å². The first-order valence-corrected chi connectivity index (χ1v) is 8.09. The average molecular weight is 329 g/mol. The van der Waals surface area contributed by atoms with Crippen molar-refractivity contribution >= 4 is 0 Å². The maximum absolute atomic E-state index is 5.51. The van der Waals surface area contributed by atoms with Crippen LogP contribution in [0.1, 0.15) is 35.2 Å². The van der Waals surface area contributed by atoms with Crippen molar-refractivity contribution < 1.29 is 14.2 Å². The Morgan fingerprint density at radius 3 is 2.08 bits per heavy atom. The number of aryl methyl sites for hydroxylation is 2. The van der Waals surface area contributed by atoms with Crippen molar-refractivity contribution in [1.29, 1.82) is 0 Å². The van der Waals surface area contributed by atoms with Crippen molar-refractivity contribution in [2.75, 3.05) is 21.3 Å². The Kier molecular flexibility index (Phi) is 6.10. The van der Waals surface area contributed by atoms with Gasteiger partial charge in [-0.25, -0.2) is 0 Å². The molecular formula is C20H27NO3. The lowest BCUT2D eigenvalue weighted by Crippen LogP contribution is -2.20. The number of methoxy groups -OCH3 is 3. The van der Waals surface area contributed by atoms with Gasteiger partial charge in [-0.2, -0.15) is 0 Å². The molecule has 130 valence electrons. The van der Waals surface area contributed by atoms with Gasteiger partial charge in [0.2, 0.25) is 0 Å². The van der Waals surface area contributed by atoms with Crippen molar-refractivity contribution in [1.82, 2.24) is 5.32 Å². The van der Waals surface area contributed by atoms with Crippen LogP contribution in [-0.2, 0) is 6.54 Å². The molecule has 4 heteroatoms. The summed E-state index contributed by atoms with van der Waals surface area (Å²) in [6, 6.07) is 10.5. The molecule has 0 unspecified atom stereocenters. The molecule has 1 N–H and O–H groups in total. The highest BCUT2D eigenvalue weighted by molar-refractivity contribution is 5.50. The van der Waals surface area contributed by atoms with E-state index in [2.05, 4.69) is 44.3 Å². The third kappa shape index (κ3) is 4.01. The molecule has 1 atom stereocenters. The molecule has 24 heavy (non-hydrogen) atoms. The number of ether oxygens (including phenoxy) is 3. The predicted octanol–water partition coefficient (Wildman–Crippen LogP) is 4.18. The molecular weight excluding hydrogens is 302 g/mol. The number of hydrogen-bond acceptors (Lipinski definition) is 4. The molecule has 0 aliphatic rings. The van der Waals surface area contributed by atoms with Crippen LogP contribution in [0.4, 0.5) is 0 Å². The van der Waals surface area contributed by atoms with Crippen LogP contribution in [0.3, 0.4) is 0 Å². The molecule has 0 saturated carbocycles. The fourth-order valence-electron chi connectivity index (χ4n) is 2.84. The second-order valence-corrected chi connectivity index (χ2v) is 5.97. The van der Waals surface area contributed by atoms with E-state index in [4.69, 9.17) is 14.2 Å². The topological polar surface area (TPSA) is 39.7 Å². The van der Waals surface area contributed by atoms with E-state index in [1.54, 1.807) is 21.3 Å². The zero-order chi connectivity index (χ0) is 17.7. The van der Waals surface area contributed by atoms with E-state index in [1.807, 2.05) is 12.1 Å². The first kappa shape index (κ1) is 18.1. The molecule has 2 aromatic rings. The summed E-state index contributed by atoms with van der Waals surface area (Å²) in [5.41, 5.74) is 4.84. The third-order valence-corrected chi connectivity index (χ3v) is 4.30. The molecule has 4 nitrogen and oxygen atoms in total. The van der Waals surface area contributed by atoms with Crippen molar-refractivity contribution in [2.24, 2.45) is 0 Å². The average Bonchev–Trinajstić information content (AvgIpc) is 2.60. The van der Waals surface area contributed by atoms with Crippen LogP contribution in [0, 0.1) is 13.8 Å². The van der Waals surface area contributed by atoms with Gasteiger partial charge in [-0.15, -0.1) is 0 Å². The highest BCUT2D eigenvalue weighted by Gasteiger charge is 2.15. The van der Waals surface area contributed by atoms with Gasteiger partial charge in [-0.1, -0.05) is 23.8 Å². The van der Waals surface area contributed by atoms with Gasteiger partial charge in [0.15, 0.2) is 0 Å². The fraction of sp³-hybridized carbons (Fsp3) is 0.400. The highest BCUT2D eigenvalue weighted by Crippen LogP contribution is 2.34. The predicted molar refractivity (Wildman–Crippen MR) is 97.3 cm³/mol. The van der Waals surface area contributed by atoms with Crippen molar-refractivity contribution in [2.45, 2.75) is 33.4 Å². The van der Waals surface area contributed by atoms with Crippen LogP contribution >= 0.6 is 0 Å². The summed E-state index contributed by atoms with van der Waals surface area (Å²) in [7, 11) is 4.95. The minimum Gasteiger partial charge on any atom is -0.496 e. The van der Waals surface area contributed by atoms with E-state index < -0.39 is 0 Å². The number of hydrogen-bond donors (Lipinski definition) is 1. The Morgan fingerprint density at radius 2 is 1.54 bits per heavy atom. The van der Waals surface area contributed by atoms with E-state index in [9.17, 15) is 0 Å². The van der Waals surface area contributed by atoms with Crippen LogP contribution < -0.4 is 19.5 Å². The lowest BCUT2D eigenvalue weighted by molar-refractivity contribution is 0.365. The van der Waals surface area contributed by atoms with Gasteiger partial charge in [0.1, 0.15) is 17.2 Å². The standard InChI is InChI=1S/C20H27NO3/c1-13-7-8-14(2)17(9-13)15(3)21-12-18-19(23-5)10-16(22-4)11-20(18)24-6/h7-11,15,21H,12H2,1-6H3/t15-/m1/s1. The molecule has 0 fully saturated rings. The Bertz CT molecular complexity index is 672. The van der Waals surface area contributed by atoms with Crippen molar-refractivity contribution in [3.8, 4) is 17.2 Å². The Morgan fingerprint density at radius 1 is 0.917 bits per heavy atom. The van der Waals surface area contributed by atoms with E-state index in [-0.39, 0.29) is 6.04 Å². The zero-order valence-electron chi connectivity index (χ0n) is 15.4. The minimum absolute atomic E-state index is 0.224. The minimum atomic E-state index is 0.224. The van der Waals surface area contributed by atoms with Crippen LogP contribution in [-0.4, -0.2) is 21.3 Å². The first-order chi connectivity index (χ1) is 11.5. The molecule has 2 aromatic carbocycles. The summed E-state index contributed by atoms with van der Waals surface area (Å²) in [5.74, 6) is 2.23. The van der Waals surface area contributed by atoms with Crippen LogP contribution in [0.5, 0.6) is 17.2 Å². The maximum atomic E-state index is 5.51. The molecule has 0 amide bonds. The molecule has 0 aromatic heterocycles. The second kappa shape index (κ2) is 8.06. The summed E-state index contributed by atoms with van der Waals surface area (Å²) in [6.45, 7) is 7.07. The lowest BCUT2D eigenvalue weighted by Gasteiger charge is -2.20. The molecule has 0 saturated heterocycles. The number of rotatable bonds is 7. The van der Waals surface area contributed by atoms with Gasteiger partial charge >= 0.3 is 0 Å². The third-order valence-electron chi connectivity index (χ3n) is 4.30. The summed E-state index contributed by atoms with van der Waals surface area (Å²) in [6.07, 6.45) is 0. The molecule has 0 radical (unpaired) electrons. The van der Waals surface area contributed by atoms with E-state index >= 15 is 0 Å². The van der Waals surface area contributed by atoms with Crippen molar-refractivity contribution in [3.05, 3.63) is 52.6 Å². The molecule has 0 bridgehead atoms. The smallest absolute Gasteiger partial charge is 0.130 e. The monoisotopic (exact) mass is 329 g/mol. The summed E-state index contributed by atoms with van der Waals surface area (Å²) >= 11 is 0. The van der Waals surface area contributed by atoms with E-state index in [0.29, 0.717) is 6.54 Å². The Labute approximate surface area is 144 Å². The van der Waals surface area contributed by atoms with Crippen molar-refractivity contribution in [3.63, 3.8) is 0 Å². The Balaban J connectivity index is 2.23. The molecule has 0 aliphatic carbocycles. The molecule has 0 spiro atoms. The zero-order valence-corrected chi connectivity index (χ0v) is 15.4. The largest absolute Gasteiger partial charge is 0.496 e. The first-order valence-electron chi connectivity index (χ1n) is 8.09. The van der Waals surface area contributed by atoms with Gasteiger partial charge in [-0.05, 0) is 31.9 Å². The highest BCUT2D eigenvalue weighted by atomic mass is 16.5. The van der Waals surface area contributed by atoms with Crippen LogP contribution in [0.2, 0.25) is 0 Å². The fourth-order valence-corrected chi connectivity index (χ4v) is 2.84. The van der Waals surface area contributed by atoms with Crippen LogP contribution in [0.15, 0.2) is 30.3 Å². The summed E-state index contributed by atoms with van der Waals surface area (Å²) in [4.78, 5) is 0. The van der Waals surface area contributed by atoms with E-state index in [1.165, 1.54) is 16.7 Å². The second-order valence-electron chi connectivity index (χ2n) is 5.97. The summed E-state index contributed by atoms with van der Waals surface area (Å²) in [5, 5.41) is 3.57. The quantitative estimate of drug-likeness (QED) is 0.827. The van der Waals surface area contributed by atoms with Gasteiger partial charge in [0.05, 0.1) is 26.9 Å². The van der Waals surface area contributed by atoms with Gasteiger partial charge in [-0.3, -0.25) is 0 Å². The number of benzene rings is 2. The summed E-state index contributed by atoms with van der Waals surface area (Å²) < 4.78 is 16.3. The normalized spacial score (nSPS) is 11.9. The SMILES string of the molecule is COc1cc(OC)c(CN[C@H](C)c2cc(C)ccc2C)c(OC)c1. The maximum Gasteiger partial charge on any atom is 0.130 e. The van der Waals surface area contributed by atoms with E-state index in [0.717, 1.165) is 22.8 Å². The number of nitrogens with one attached hydrogen (secondary N) is 1. The van der Waals surface area contributed by atoms with Gasteiger partial charge < -0.3 is 19.5 Å². The molecule has 0 heterocycles. The lowest BCUT2D eigenvalue weighted by atomic mass is 9.99. The van der Waals surface area contributed by atoms with Crippen LogP contribution in [0.25, 0.3) is 0 Å².